The van der Waals surface area contributed by atoms with Crippen LogP contribution in [0.15, 0.2) is 0 Å². The molecule has 0 radical (unpaired) electrons. The van der Waals surface area contributed by atoms with Crippen LogP contribution in [0.25, 0.3) is 0 Å². The maximum absolute atomic E-state index is 9.97. The molecule has 5 nitrogen and oxygen atoms in total. The van der Waals surface area contributed by atoms with E-state index < -0.39 is 10.1 Å². The molecule has 0 aromatic carbocycles. The van der Waals surface area contributed by atoms with E-state index in [1.54, 1.807) is 0 Å². The van der Waals surface area contributed by atoms with Gasteiger partial charge in [-0.25, -0.2) is 8.42 Å². The first kappa shape index (κ1) is 15.0. The van der Waals surface area contributed by atoms with Crippen LogP contribution in [0.4, 0.5) is 0 Å². The van der Waals surface area contributed by atoms with E-state index in [9.17, 15) is 13.0 Å². The summed E-state index contributed by atoms with van der Waals surface area (Å²) in [5.74, 6) is -0.368. The summed E-state index contributed by atoms with van der Waals surface area (Å²) >= 11 is 0. The first-order valence-corrected chi connectivity index (χ1v) is 4.48. The molecule has 0 aromatic rings. The number of hydrogen-bond donors (Lipinski definition) is 2. The fourth-order valence-corrected chi connectivity index (χ4v) is 0.819. The van der Waals surface area contributed by atoms with E-state index in [1.807, 2.05) is 0 Å². The third-order valence-corrected chi connectivity index (χ3v) is 1.55. The normalized spacial score (nSPS) is 10.7. The summed E-state index contributed by atoms with van der Waals surface area (Å²) in [7, 11) is -4.06. The smallest absolute Gasteiger partial charge is 0.748 e. The van der Waals surface area contributed by atoms with Crippen molar-refractivity contribution < 1.29 is 64.4 Å². The molecule has 0 aliphatic heterocycles. The predicted octanol–water partition coefficient (Wildman–Crippen LogP) is -4.92. The van der Waals surface area contributed by atoms with E-state index in [0.717, 1.165) is 0 Å². The van der Waals surface area contributed by atoms with Gasteiger partial charge in [-0.05, 0) is 0 Å². The fourth-order valence-electron chi connectivity index (χ4n) is 0.424. The van der Waals surface area contributed by atoms with Gasteiger partial charge in [-0.2, -0.15) is 0 Å². The van der Waals surface area contributed by atoms with E-state index in [1.165, 1.54) is 0 Å². The van der Waals surface area contributed by atoms with Gasteiger partial charge in [0.2, 0.25) is 0 Å². The quantitative estimate of drug-likeness (QED) is 0.267. The van der Waals surface area contributed by atoms with Gasteiger partial charge in [0.15, 0.2) is 0 Å². The Labute approximate surface area is 109 Å². The van der Waals surface area contributed by atoms with Crippen LogP contribution in [-0.4, -0.2) is 38.4 Å². The average molecular weight is 206 g/mol. The van der Waals surface area contributed by atoms with E-state index >= 15 is 0 Å². The van der Waals surface area contributed by atoms with Crippen LogP contribution in [-0.2, 0) is 10.1 Å². The minimum Gasteiger partial charge on any atom is -0.748 e. The molecule has 0 rings (SSSR count). The number of hydrogen-bond acceptors (Lipinski definition) is 5. The fraction of sp³-hybridized carbons (Fsp3) is 1.00. The summed E-state index contributed by atoms with van der Waals surface area (Å²) in [6, 6.07) is 0. The SMILES string of the molecule is NCCNCCS(=O)(=O)[O-].[K+]. The predicted molar refractivity (Wildman–Crippen MR) is 36.5 cm³/mol. The van der Waals surface area contributed by atoms with Crippen LogP contribution < -0.4 is 62.4 Å². The van der Waals surface area contributed by atoms with Crippen molar-refractivity contribution in [2.45, 2.75) is 0 Å². The molecule has 0 heterocycles. The van der Waals surface area contributed by atoms with E-state index in [-0.39, 0.29) is 63.7 Å². The molecule has 0 unspecified atom stereocenters. The monoisotopic (exact) mass is 206 g/mol. The van der Waals surface area contributed by atoms with E-state index in [4.69, 9.17) is 5.73 Å². The Hall–Kier alpha value is 1.47. The maximum Gasteiger partial charge on any atom is 1.00 e. The van der Waals surface area contributed by atoms with Crippen molar-refractivity contribution >= 4 is 10.1 Å². The van der Waals surface area contributed by atoms with Gasteiger partial charge in [0.05, 0.1) is 15.9 Å². The van der Waals surface area contributed by atoms with Crippen molar-refractivity contribution in [1.29, 1.82) is 0 Å². The molecule has 62 valence electrons. The van der Waals surface area contributed by atoms with Crippen molar-refractivity contribution in [2.24, 2.45) is 5.73 Å². The molecule has 0 amide bonds. The van der Waals surface area contributed by atoms with Gasteiger partial charge >= 0.3 is 51.4 Å². The summed E-state index contributed by atoms with van der Waals surface area (Å²) < 4.78 is 29.9. The third kappa shape index (κ3) is 14.3. The average Bonchev–Trinajstić information content (AvgIpc) is 1.78. The molecule has 0 saturated heterocycles. The summed E-state index contributed by atoms with van der Waals surface area (Å²) in [5, 5.41) is 2.69. The Balaban J connectivity index is 0. The standard InChI is InChI=1S/C4H12N2O3S.K/c5-1-2-6-3-4-10(7,8)9;/h6H,1-5H2,(H,7,8,9);/q;+1/p-1. The largest absolute Gasteiger partial charge is 1.00 e. The molecule has 3 N–H and O–H groups in total. The van der Waals surface area contributed by atoms with Crippen LogP contribution >= 0.6 is 0 Å². The Morgan fingerprint density at radius 1 is 1.36 bits per heavy atom. The molecule has 0 aromatic heterocycles. The van der Waals surface area contributed by atoms with E-state index in [2.05, 4.69) is 5.32 Å². The zero-order valence-corrected chi connectivity index (χ0v) is 10.5. The van der Waals surface area contributed by atoms with Crippen molar-refractivity contribution in [3.63, 3.8) is 0 Å². The van der Waals surface area contributed by atoms with Crippen LogP contribution in [0.2, 0.25) is 0 Å². The van der Waals surface area contributed by atoms with Gasteiger partial charge in [-0.1, -0.05) is 0 Å². The second kappa shape index (κ2) is 8.08. The zero-order valence-electron chi connectivity index (χ0n) is 6.54. The first-order chi connectivity index (χ1) is 4.56. The molecule has 0 spiro atoms. The second-order valence-corrected chi connectivity index (χ2v) is 3.32. The molecule has 0 atom stereocenters. The van der Waals surface area contributed by atoms with Crippen molar-refractivity contribution in [3.8, 4) is 0 Å². The molecule has 0 fully saturated rings. The molecule has 7 heteroatoms. The van der Waals surface area contributed by atoms with Gasteiger partial charge in [0, 0.05) is 19.6 Å². The minimum atomic E-state index is -4.06. The molecule has 11 heavy (non-hydrogen) atoms. The Morgan fingerprint density at radius 2 is 1.91 bits per heavy atom. The van der Waals surface area contributed by atoms with Crippen LogP contribution in [0.5, 0.6) is 0 Å². The summed E-state index contributed by atoms with van der Waals surface area (Å²) in [5.41, 5.74) is 5.09. The zero-order chi connectivity index (χ0) is 8.04. The number of rotatable bonds is 5. The molecule has 0 bridgehead atoms. The van der Waals surface area contributed by atoms with Crippen LogP contribution in [0.1, 0.15) is 0 Å². The van der Waals surface area contributed by atoms with Gasteiger partial charge in [-0.3, -0.25) is 0 Å². The molecule has 0 aliphatic rings. The maximum atomic E-state index is 9.97. The number of nitrogens with one attached hydrogen (secondary N) is 1. The minimum absolute atomic E-state index is 0. The summed E-state index contributed by atoms with van der Waals surface area (Å²) in [4.78, 5) is 0. The van der Waals surface area contributed by atoms with Gasteiger partial charge < -0.3 is 15.6 Å². The summed E-state index contributed by atoms with van der Waals surface area (Å²) in [6.07, 6.45) is 0. The Morgan fingerprint density at radius 3 is 2.27 bits per heavy atom. The molecule has 0 saturated carbocycles. The van der Waals surface area contributed by atoms with Crippen molar-refractivity contribution in [2.75, 3.05) is 25.4 Å². The topological polar surface area (TPSA) is 95.2 Å². The van der Waals surface area contributed by atoms with Gasteiger partial charge in [-0.15, -0.1) is 0 Å². The third-order valence-electron chi connectivity index (χ3n) is 0.850. The molecular formula is C4H11KN2O3S. The number of nitrogens with two attached hydrogens (primary N) is 1. The Bertz CT molecular complexity index is 170. The summed E-state index contributed by atoms with van der Waals surface area (Å²) in [6.45, 7) is 1.16. The van der Waals surface area contributed by atoms with Crippen molar-refractivity contribution in [3.05, 3.63) is 0 Å². The molecule has 0 aliphatic carbocycles. The van der Waals surface area contributed by atoms with E-state index in [0.29, 0.717) is 13.1 Å². The van der Waals surface area contributed by atoms with Gasteiger partial charge in [0.1, 0.15) is 0 Å². The second-order valence-electron chi connectivity index (χ2n) is 1.80. The van der Waals surface area contributed by atoms with Crippen LogP contribution in [0.3, 0.4) is 0 Å². The van der Waals surface area contributed by atoms with Crippen molar-refractivity contribution in [1.82, 2.24) is 5.32 Å². The van der Waals surface area contributed by atoms with Crippen LogP contribution in [0, 0.1) is 0 Å². The first-order valence-electron chi connectivity index (χ1n) is 2.90. The molecular weight excluding hydrogens is 195 g/mol. The van der Waals surface area contributed by atoms with Gasteiger partial charge in [0.25, 0.3) is 0 Å². The Kier molecular flexibility index (Phi) is 11.0.